The molecule has 38 heavy (non-hydrogen) atoms. The second-order valence-electron chi connectivity index (χ2n) is 10.1. The molecule has 1 aliphatic rings. The van der Waals surface area contributed by atoms with Gasteiger partial charge in [-0.2, -0.15) is 0 Å². The highest BCUT2D eigenvalue weighted by molar-refractivity contribution is 6.02. The smallest absolute Gasteiger partial charge is 0.258 e. The molecule has 0 spiro atoms. The molecule has 2 aromatic carbocycles. The molecule has 200 valence electrons. The summed E-state index contributed by atoms with van der Waals surface area (Å²) in [5.41, 5.74) is 2.87. The maximum atomic E-state index is 13.6. The van der Waals surface area contributed by atoms with Gasteiger partial charge in [0, 0.05) is 37.9 Å². The number of nitrogens with zero attached hydrogens (tertiary/aromatic N) is 3. The van der Waals surface area contributed by atoms with E-state index in [0.717, 1.165) is 11.1 Å². The molecule has 4 rings (SSSR count). The number of carbonyl (C=O) groups is 2. The van der Waals surface area contributed by atoms with Crippen LogP contribution in [-0.4, -0.2) is 70.6 Å². The number of ether oxygens (including phenoxy) is 1. The molecule has 0 bridgehead atoms. The second-order valence-corrected chi connectivity index (χ2v) is 10.1. The summed E-state index contributed by atoms with van der Waals surface area (Å²) in [7, 11) is 2.03. The fourth-order valence-electron chi connectivity index (χ4n) is 4.71. The molecule has 2 amide bonds. The molecule has 0 radical (unpaired) electrons. The average molecular weight is 517 g/mol. The summed E-state index contributed by atoms with van der Waals surface area (Å²) < 4.78 is 6.59. The van der Waals surface area contributed by atoms with Crippen molar-refractivity contribution in [3.8, 4) is 5.75 Å². The van der Waals surface area contributed by atoms with Gasteiger partial charge >= 0.3 is 0 Å². The van der Waals surface area contributed by atoms with Gasteiger partial charge < -0.3 is 20.1 Å². The summed E-state index contributed by atoms with van der Waals surface area (Å²) in [5.74, 6) is -0.0872. The van der Waals surface area contributed by atoms with E-state index in [1.54, 1.807) is 35.5 Å². The molecule has 1 aliphatic heterocycles. The minimum atomic E-state index is -0.359. The van der Waals surface area contributed by atoms with Crippen LogP contribution in [0.4, 0.5) is 5.69 Å². The number of aliphatic hydroxyl groups excluding tert-OH is 1. The molecular formula is C30H36N4O4. The Labute approximate surface area is 224 Å². The summed E-state index contributed by atoms with van der Waals surface area (Å²) in [6.45, 7) is 5.50. The van der Waals surface area contributed by atoms with Crippen LogP contribution in [0.2, 0.25) is 0 Å². The van der Waals surface area contributed by atoms with Crippen molar-refractivity contribution in [2.24, 2.45) is 5.92 Å². The normalized spacial score (nSPS) is 18.2. The van der Waals surface area contributed by atoms with Gasteiger partial charge in [-0.3, -0.25) is 19.5 Å². The zero-order valence-electron chi connectivity index (χ0n) is 22.2. The lowest BCUT2D eigenvalue weighted by Crippen LogP contribution is -2.49. The van der Waals surface area contributed by atoms with E-state index in [0.29, 0.717) is 36.6 Å². The lowest BCUT2D eigenvalue weighted by atomic mass is 9.98. The van der Waals surface area contributed by atoms with E-state index >= 15 is 0 Å². The molecule has 8 nitrogen and oxygen atoms in total. The van der Waals surface area contributed by atoms with E-state index in [4.69, 9.17) is 4.74 Å². The van der Waals surface area contributed by atoms with E-state index < -0.39 is 0 Å². The summed E-state index contributed by atoms with van der Waals surface area (Å²) in [6, 6.07) is 18.3. The third kappa shape index (κ3) is 6.76. The van der Waals surface area contributed by atoms with E-state index in [2.05, 4.69) is 22.1 Å². The van der Waals surface area contributed by atoms with Gasteiger partial charge in [-0.15, -0.1) is 0 Å². The van der Waals surface area contributed by atoms with Crippen molar-refractivity contribution < 1.29 is 19.4 Å². The molecule has 3 unspecified atom stereocenters. The van der Waals surface area contributed by atoms with Crippen molar-refractivity contribution in [3.63, 3.8) is 0 Å². The number of aromatic nitrogens is 1. The van der Waals surface area contributed by atoms with Crippen LogP contribution in [0.15, 0.2) is 73.1 Å². The number of pyridine rings is 1. The summed E-state index contributed by atoms with van der Waals surface area (Å²) in [4.78, 5) is 34.6. The largest absolute Gasteiger partial charge is 0.486 e. The lowest BCUT2D eigenvalue weighted by molar-refractivity contribution is -0.115. The molecule has 0 aliphatic carbocycles. The minimum absolute atomic E-state index is 0.0333. The number of nitrogens with one attached hydrogen (secondary N) is 1. The number of fused-ring (bicyclic) bond motifs is 1. The van der Waals surface area contributed by atoms with E-state index in [9.17, 15) is 14.7 Å². The first-order chi connectivity index (χ1) is 18.4. The zero-order chi connectivity index (χ0) is 27.1. The lowest BCUT2D eigenvalue weighted by Gasteiger charge is -2.38. The van der Waals surface area contributed by atoms with E-state index in [1.807, 2.05) is 56.4 Å². The Morgan fingerprint density at radius 1 is 1.13 bits per heavy atom. The Morgan fingerprint density at radius 2 is 1.87 bits per heavy atom. The number of hydrogen-bond donors (Lipinski definition) is 2. The molecule has 2 heterocycles. The van der Waals surface area contributed by atoms with Crippen molar-refractivity contribution in [3.05, 3.63) is 89.7 Å². The van der Waals surface area contributed by atoms with Crippen LogP contribution in [0.25, 0.3) is 0 Å². The fraction of sp³-hybridized carbons (Fsp3) is 0.367. The van der Waals surface area contributed by atoms with Crippen LogP contribution < -0.4 is 10.1 Å². The number of aliphatic hydroxyl groups is 1. The molecule has 1 aromatic heterocycles. The van der Waals surface area contributed by atoms with Gasteiger partial charge in [0.1, 0.15) is 6.10 Å². The van der Waals surface area contributed by atoms with Crippen molar-refractivity contribution in [2.45, 2.75) is 39.0 Å². The predicted molar refractivity (Wildman–Crippen MR) is 147 cm³/mol. The minimum Gasteiger partial charge on any atom is -0.486 e. The number of likely N-dealkylation sites (N-methyl/N-ethyl adjacent to an activating group) is 1. The first-order valence-corrected chi connectivity index (χ1v) is 13.0. The number of rotatable bonds is 9. The molecule has 3 aromatic rings. The summed E-state index contributed by atoms with van der Waals surface area (Å²) in [6.07, 6.45) is 3.49. The number of hydrogen-bond acceptors (Lipinski definition) is 6. The number of amides is 2. The van der Waals surface area contributed by atoms with Crippen LogP contribution in [-0.2, 0) is 17.8 Å². The predicted octanol–water partition coefficient (Wildman–Crippen LogP) is 3.61. The Morgan fingerprint density at radius 3 is 2.58 bits per heavy atom. The molecular weight excluding hydrogens is 480 g/mol. The quantitative estimate of drug-likeness (QED) is 0.451. The van der Waals surface area contributed by atoms with Crippen molar-refractivity contribution in [1.82, 2.24) is 14.8 Å². The zero-order valence-corrected chi connectivity index (χ0v) is 22.2. The maximum absolute atomic E-state index is 13.6. The van der Waals surface area contributed by atoms with Crippen LogP contribution in [0.5, 0.6) is 5.75 Å². The number of para-hydroxylation sites is 1. The molecule has 0 fully saturated rings. The van der Waals surface area contributed by atoms with E-state index in [1.165, 1.54) is 0 Å². The maximum Gasteiger partial charge on any atom is 0.258 e. The molecule has 3 atom stereocenters. The highest BCUT2D eigenvalue weighted by Gasteiger charge is 2.34. The summed E-state index contributed by atoms with van der Waals surface area (Å²) in [5, 5.41) is 12.9. The average Bonchev–Trinajstić information content (AvgIpc) is 2.91. The van der Waals surface area contributed by atoms with E-state index in [-0.39, 0.29) is 42.9 Å². The molecule has 2 N–H and O–H groups in total. The van der Waals surface area contributed by atoms with Crippen molar-refractivity contribution >= 4 is 17.5 Å². The summed E-state index contributed by atoms with van der Waals surface area (Å²) >= 11 is 0. The van der Waals surface area contributed by atoms with Crippen LogP contribution >= 0.6 is 0 Å². The Kier molecular flexibility index (Phi) is 9.10. The second kappa shape index (κ2) is 12.7. The topological polar surface area (TPSA) is 95.0 Å². The van der Waals surface area contributed by atoms with Gasteiger partial charge in [-0.1, -0.05) is 43.3 Å². The van der Waals surface area contributed by atoms with Crippen molar-refractivity contribution in [2.75, 3.05) is 32.1 Å². The Bertz CT molecular complexity index is 1220. The third-order valence-electron chi connectivity index (χ3n) is 6.87. The third-order valence-corrected chi connectivity index (χ3v) is 6.87. The molecule has 0 saturated heterocycles. The SMILES string of the molecule is CC1CN(C(C)CO)C(=O)c2cccc(NC(=O)Cc3ccccc3)c2OC1CN(C)Cc1ccncc1. The van der Waals surface area contributed by atoms with Crippen LogP contribution in [0, 0.1) is 5.92 Å². The van der Waals surface area contributed by atoms with Crippen molar-refractivity contribution in [1.29, 1.82) is 0 Å². The van der Waals surface area contributed by atoms with Crippen LogP contribution in [0.3, 0.4) is 0 Å². The standard InChI is InChI=1S/C30H36N4O4/c1-21-17-34(22(2)20-35)30(37)25-10-7-11-26(32-28(36)16-23-8-5-4-6-9-23)29(25)38-27(21)19-33(3)18-24-12-14-31-15-13-24/h4-15,21-22,27,35H,16-20H2,1-3H3,(H,32,36). The highest BCUT2D eigenvalue weighted by Crippen LogP contribution is 2.35. The van der Waals surface area contributed by atoms with Crippen LogP contribution in [0.1, 0.15) is 35.3 Å². The first-order valence-electron chi connectivity index (χ1n) is 13.0. The molecule has 8 heteroatoms. The highest BCUT2D eigenvalue weighted by atomic mass is 16.5. The molecule has 0 saturated carbocycles. The van der Waals surface area contributed by atoms with Gasteiger partial charge in [-0.25, -0.2) is 0 Å². The van der Waals surface area contributed by atoms with Gasteiger partial charge in [0.25, 0.3) is 5.91 Å². The number of carbonyl (C=O) groups excluding carboxylic acids is 2. The van der Waals surface area contributed by atoms with Gasteiger partial charge in [0.2, 0.25) is 5.91 Å². The van der Waals surface area contributed by atoms with Gasteiger partial charge in [0.15, 0.2) is 5.75 Å². The fourth-order valence-corrected chi connectivity index (χ4v) is 4.71. The Balaban J connectivity index is 1.63. The number of benzene rings is 2. The monoisotopic (exact) mass is 516 g/mol. The van der Waals surface area contributed by atoms with Gasteiger partial charge in [-0.05, 0) is 49.4 Å². The van der Waals surface area contributed by atoms with Gasteiger partial charge in [0.05, 0.1) is 30.3 Å². The first kappa shape index (κ1) is 27.3. The number of anilines is 1. The Hall–Kier alpha value is -3.75.